The third-order valence-corrected chi connectivity index (χ3v) is 13.0. The van der Waals surface area contributed by atoms with Crippen molar-refractivity contribution in [3.05, 3.63) is 223 Å². The summed E-state index contributed by atoms with van der Waals surface area (Å²) < 4.78 is 103. The molecule has 1 aliphatic rings. The first-order chi connectivity index (χ1) is 38.7. The molecule has 0 spiro atoms. The van der Waals surface area contributed by atoms with Gasteiger partial charge in [0.1, 0.15) is 17.3 Å². The number of hydrogen-bond donors (Lipinski definition) is 0. The maximum atomic E-state index is 9.08. The van der Waals surface area contributed by atoms with E-state index in [4.69, 9.17) is 28.2 Å². The molecular weight excluding hydrogens is 1080 g/mol. The molecule has 2 aromatic heterocycles. The minimum Gasteiger partial charge on any atom is -0.509 e. The van der Waals surface area contributed by atoms with Gasteiger partial charge in [0.05, 0.1) is 13.7 Å². The number of nitrogens with zero attached hydrogens (tertiary/aromatic N) is 4. The number of fused-ring (bicyclic) bond motifs is 4. The van der Waals surface area contributed by atoms with E-state index in [1.807, 2.05) is 65.6 Å². The van der Waals surface area contributed by atoms with Crippen molar-refractivity contribution in [3.63, 3.8) is 0 Å². The predicted molar refractivity (Wildman–Crippen MR) is 298 cm³/mol. The zero-order chi connectivity index (χ0) is 58.6. The van der Waals surface area contributed by atoms with Crippen molar-refractivity contribution >= 4 is 44.6 Å². The standard InChI is InChI=1S/C66H59N4O2.Pt/c1-64(2,3)46-30-33-58-57(39-46)56-32-31-51(41-61(56)70(58)62-42-52(34-35-67-62)72-53-37-47(65(4,5)6)36-48(38-53)66(7,8)9)71-50-25-18-24-49(40-50)68-43-69(60-29-17-16-28-59(60)68)63-54(44-20-12-10-13-21-44)26-19-27-55(63)45-22-14-11-15-23-45;/h10-39,42-43H,1-9H3;/q-3;/i10D,11D,12D,13D,14D,15D,20D,21D,22D,23D;. The van der Waals surface area contributed by atoms with Crippen LogP contribution in [0.25, 0.3) is 49.9 Å². The fraction of sp³-hybridized carbons (Fsp3) is 0.182. The number of aromatic nitrogens is 2. The Hall–Kier alpha value is -7.40. The Morgan fingerprint density at radius 3 is 1.75 bits per heavy atom. The van der Waals surface area contributed by atoms with Crippen LogP contribution < -0.4 is 19.3 Å². The van der Waals surface area contributed by atoms with Crippen molar-refractivity contribution < 1.29 is 44.2 Å². The summed E-state index contributed by atoms with van der Waals surface area (Å²) in [5.74, 6) is 2.76. The van der Waals surface area contributed by atoms with Crippen molar-refractivity contribution in [2.45, 2.75) is 78.6 Å². The molecule has 0 amide bonds. The van der Waals surface area contributed by atoms with Crippen molar-refractivity contribution in [2.75, 3.05) is 9.80 Å². The number of anilines is 4. The van der Waals surface area contributed by atoms with Gasteiger partial charge < -0.3 is 23.8 Å². The van der Waals surface area contributed by atoms with Gasteiger partial charge in [-0.3, -0.25) is 0 Å². The minimum atomic E-state index is -0.570. The first kappa shape index (κ1) is 38.2. The smallest absolute Gasteiger partial charge is 0.139 e. The number of rotatable bonds is 9. The maximum Gasteiger partial charge on any atom is 0.139 e. The number of ether oxygens (including phenoxy) is 2. The van der Waals surface area contributed by atoms with Gasteiger partial charge >= 0.3 is 0 Å². The van der Waals surface area contributed by atoms with Gasteiger partial charge in [0.2, 0.25) is 0 Å². The van der Waals surface area contributed by atoms with Crippen LogP contribution in [-0.2, 0) is 37.3 Å². The molecule has 0 unspecified atom stereocenters. The molecule has 368 valence electrons. The molecule has 0 fully saturated rings. The molecular formula is C66H59N4O2Pt-3. The van der Waals surface area contributed by atoms with E-state index in [1.165, 1.54) is 16.7 Å². The molecule has 3 heterocycles. The second-order valence-corrected chi connectivity index (χ2v) is 21.1. The van der Waals surface area contributed by atoms with E-state index in [0.717, 1.165) is 27.6 Å². The Labute approximate surface area is 459 Å². The van der Waals surface area contributed by atoms with Crippen LogP contribution in [0.2, 0.25) is 0 Å². The van der Waals surface area contributed by atoms with E-state index in [-0.39, 0.29) is 65.3 Å². The number of pyridine rings is 1. The average molecular weight is 1150 g/mol. The number of hydrogen-bond acceptors (Lipinski definition) is 5. The average Bonchev–Trinajstić information content (AvgIpc) is 4.23. The Morgan fingerprint density at radius 2 is 1.12 bits per heavy atom. The van der Waals surface area contributed by atoms with Crippen molar-refractivity contribution in [2.24, 2.45) is 0 Å². The Balaban J connectivity index is 0.00000769. The van der Waals surface area contributed by atoms with Crippen LogP contribution in [0.5, 0.6) is 23.0 Å². The summed E-state index contributed by atoms with van der Waals surface area (Å²) in [4.78, 5) is 8.53. The third-order valence-electron chi connectivity index (χ3n) is 13.0. The summed E-state index contributed by atoms with van der Waals surface area (Å²) in [7, 11) is 0. The molecule has 0 radical (unpaired) electrons. The SMILES string of the molecule is [2H]c1c([2H])c([2H])c(-c2cccc(-c3c([2H])c([2H])c([2H])c([2H])c3[2H])c2N2[CH-]N(c3[c-]c(Oc4[c-]c5c(cc4)c4cc(C(C)(C)C)ccc4n5-c4cc(Oc5cc(C(C)(C)C)cc(C(C)(C)C)c5)ccn4)ccc3)c3ccccc32)c([2H])c1[2H].[Pt]. The van der Waals surface area contributed by atoms with Crippen molar-refractivity contribution in [1.29, 1.82) is 0 Å². The molecule has 7 heteroatoms. The molecule has 10 aromatic rings. The van der Waals surface area contributed by atoms with Crippen LogP contribution in [0, 0.1) is 18.8 Å². The van der Waals surface area contributed by atoms with Crippen LogP contribution >= 0.6 is 0 Å². The number of benzene rings is 8. The predicted octanol–water partition coefficient (Wildman–Crippen LogP) is 18.0. The summed E-state index contributed by atoms with van der Waals surface area (Å²) in [6.45, 7) is 21.5. The molecule has 0 aliphatic carbocycles. The molecule has 6 nitrogen and oxygen atoms in total. The van der Waals surface area contributed by atoms with Crippen LogP contribution in [-0.4, -0.2) is 9.55 Å². The molecule has 11 rings (SSSR count). The first-order valence-electron chi connectivity index (χ1n) is 29.0. The van der Waals surface area contributed by atoms with Crippen molar-refractivity contribution in [1.82, 2.24) is 9.55 Å². The van der Waals surface area contributed by atoms with Crippen LogP contribution in [0.3, 0.4) is 0 Å². The van der Waals surface area contributed by atoms with Gasteiger partial charge in [-0.05, 0) is 85.8 Å². The van der Waals surface area contributed by atoms with Gasteiger partial charge in [-0.1, -0.05) is 177 Å². The quantitative estimate of drug-likeness (QED) is 0.135. The molecule has 8 aromatic carbocycles. The summed E-state index contributed by atoms with van der Waals surface area (Å²) >= 11 is 0. The Morgan fingerprint density at radius 1 is 0.521 bits per heavy atom. The molecule has 0 saturated heterocycles. The van der Waals surface area contributed by atoms with Crippen LogP contribution in [0.4, 0.5) is 22.7 Å². The molecule has 0 N–H and O–H groups in total. The molecule has 0 bridgehead atoms. The monoisotopic (exact) mass is 1140 g/mol. The van der Waals surface area contributed by atoms with E-state index in [0.29, 0.717) is 40.1 Å². The Kier molecular flexibility index (Phi) is 10.1. The Bertz CT molecular complexity index is 4080. The zero-order valence-corrected chi connectivity index (χ0v) is 44.4. The molecule has 0 atom stereocenters. The van der Waals surface area contributed by atoms with E-state index < -0.39 is 60.4 Å². The number of para-hydroxylation sites is 3. The topological polar surface area (TPSA) is 42.8 Å². The van der Waals surface area contributed by atoms with Gasteiger partial charge in [0.15, 0.2) is 0 Å². The largest absolute Gasteiger partial charge is 0.509 e. The van der Waals surface area contributed by atoms with E-state index in [1.54, 1.807) is 42.0 Å². The summed E-state index contributed by atoms with van der Waals surface area (Å²) in [6, 6.07) is 40.2. The van der Waals surface area contributed by atoms with Gasteiger partial charge in [-0.25, -0.2) is 4.98 Å². The van der Waals surface area contributed by atoms with E-state index >= 15 is 0 Å². The van der Waals surface area contributed by atoms with Gasteiger partial charge in [0.25, 0.3) is 0 Å². The normalized spacial score (nSPS) is 14.7. The first-order valence-corrected chi connectivity index (χ1v) is 24.0. The fourth-order valence-electron chi connectivity index (χ4n) is 9.15. The van der Waals surface area contributed by atoms with E-state index in [9.17, 15) is 0 Å². The zero-order valence-electron chi connectivity index (χ0n) is 52.1. The van der Waals surface area contributed by atoms with Crippen LogP contribution in [0.1, 0.15) is 92.7 Å². The van der Waals surface area contributed by atoms with Crippen molar-refractivity contribution in [3.8, 4) is 51.1 Å². The molecule has 1 aliphatic heterocycles. The van der Waals surface area contributed by atoms with Gasteiger partial charge in [-0.15, -0.1) is 48.1 Å². The second-order valence-electron chi connectivity index (χ2n) is 21.1. The van der Waals surface area contributed by atoms with Gasteiger partial charge in [0, 0.05) is 78.5 Å². The van der Waals surface area contributed by atoms with Gasteiger partial charge in [-0.2, -0.15) is 12.1 Å². The maximum absolute atomic E-state index is 9.08. The third kappa shape index (κ3) is 9.69. The summed E-state index contributed by atoms with van der Waals surface area (Å²) in [5, 5.41) is 1.97. The summed E-state index contributed by atoms with van der Waals surface area (Å²) in [6.07, 6.45) is 1.75. The molecule has 73 heavy (non-hydrogen) atoms. The minimum absolute atomic E-state index is 0. The summed E-state index contributed by atoms with van der Waals surface area (Å²) in [5.41, 5.74) is 6.92. The fourth-order valence-corrected chi connectivity index (χ4v) is 9.15. The van der Waals surface area contributed by atoms with Crippen LogP contribution in [0.15, 0.2) is 188 Å². The second kappa shape index (κ2) is 19.2. The van der Waals surface area contributed by atoms with E-state index in [2.05, 4.69) is 115 Å². The molecule has 0 saturated carbocycles.